The van der Waals surface area contributed by atoms with Gasteiger partial charge in [0.2, 0.25) is 11.8 Å². The van der Waals surface area contributed by atoms with E-state index in [2.05, 4.69) is 35.1 Å². The normalized spacial score (nSPS) is 20.4. The van der Waals surface area contributed by atoms with Gasteiger partial charge in [0.15, 0.2) is 5.65 Å². The lowest BCUT2D eigenvalue weighted by Crippen LogP contribution is -2.52. The molecule has 3 fully saturated rings. The van der Waals surface area contributed by atoms with Crippen molar-refractivity contribution in [2.24, 2.45) is 0 Å². The van der Waals surface area contributed by atoms with Gasteiger partial charge in [0.25, 0.3) is 11.8 Å². The predicted molar refractivity (Wildman–Crippen MR) is 247 cm³/mol. The summed E-state index contributed by atoms with van der Waals surface area (Å²) < 4.78 is 19.7. The Morgan fingerprint density at radius 3 is 2.30 bits per heavy atom. The minimum absolute atomic E-state index is 0.154. The Morgan fingerprint density at radius 2 is 1.53 bits per heavy atom. The number of nitrogen functional groups attached to an aromatic ring is 1. The Morgan fingerprint density at radius 1 is 0.788 bits per heavy atom. The van der Waals surface area contributed by atoms with Crippen molar-refractivity contribution in [2.75, 3.05) is 78.0 Å². The molecule has 3 aliphatic heterocycles. The molecule has 0 bridgehead atoms. The zero-order valence-electron chi connectivity index (χ0n) is 37.2. The first kappa shape index (κ1) is 44.9. The average Bonchev–Trinajstić information content (AvgIpc) is 3.86. The number of aromatic nitrogens is 4. The van der Waals surface area contributed by atoms with E-state index < -0.39 is 17.9 Å². The summed E-state index contributed by atoms with van der Waals surface area (Å²) in [6.45, 7) is 7.76. The van der Waals surface area contributed by atoms with E-state index in [0.717, 1.165) is 97.1 Å². The summed E-state index contributed by atoms with van der Waals surface area (Å²) in [6, 6.07) is 22.7. The van der Waals surface area contributed by atoms with Gasteiger partial charge >= 0.3 is 0 Å². The van der Waals surface area contributed by atoms with Crippen LogP contribution in [0, 0.1) is 0 Å². The van der Waals surface area contributed by atoms with Crippen molar-refractivity contribution in [3.8, 4) is 22.8 Å². The van der Waals surface area contributed by atoms with Crippen LogP contribution in [0.3, 0.4) is 0 Å². The van der Waals surface area contributed by atoms with Crippen molar-refractivity contribution in [3.63, 3.8) is 0 Å². The minimum atomic E-state index is -0.804. The Hall–Kier alpha value is -6.27. The van der Waals surface area contributed by atoms with Gasteiger partial charge in [0.1, 0.15) is 35.4 Å². The van der Waals surface area contributed by atoms with Gasteiger partial charge in [-0.25, -0.2) is 14.6 Å². The van der Waals surface area contributed by atoms with Crippen molar-refractivity contribution in [2.45, 2.75) is 69.5 Å². The summed E-state index contributed by atoms with van der Waals surface area (Å²) in [5.74, 6) is 0.553. The van der Waals surface area contributed by atoms with E-state index in [1.54, 1.807) is 18.2 Å². The van der Waals surface area contributed by atoms with Gasteiger partial charge in [0.05, 0.1) is 49.0 Å². The van der Waals surface area contributed by atoms with E-state index >= 15 is 0 Å². The molecule has 66 heavy (non-hydrogen) atoms. The number of imide groups is 1. The van der Waals surface area contributed by atoms with Crippen molar-refractivity contribution >= 4 is 40.5 Å². The fraction of sp³-hybridized carbons (Fsp3) is 0.449. The van der Waals surface area contributed by atoms with Crippen LogP contribution >= 0.6 is 0 Å². The van der Waals surface area contributed by atoms with Crippen LogP contribution in [0.15, 0.2) is 79.1 Å². The number of amides is 4. The molecular weight excluding hydrogens is 841 g/mol. The number of rotatable bonds is 18. The standard InChI is InChI=1S/C49H58N10O7/c50-45-43-44(34-11-18-38(19-12-34)66-37-7-2-1-3-8-37)55-59(46(43)54-32-53-45)36-16-14-35(15-17-36)57-25-23-56(24-26-57)27-29-65-31-30-64-28-22-51-41(60)20-13-33-6-4-9-39-42(33)49(63)58(48(39)62)40-10-5-21-52-47(40)61/h1-4,6-9,11-12,18-19,32,35-36,40H,5,10,13-17,20-31H2,(H,51,60)(H,52,61)(H2,50,53,54). The lowest BCUT2D eigenvalue weighted by Gasteiger charge is -2.42. The summed E-state index contributed by atoms with van der Waals surface area (Å²) in [7, 11) is 0. The van der Waals surface area contributed by atoms with Gasteiger partial charge in [-0.05, 0) is 93.0 Å². The summed E-state index contributed by atoms with van der Waals surface area (Å²) in [6.07, 6.45) is 7.36. The Kier molecular flexibility index (Phi) is 14.2. The summed E-state index contributed by atoms with van der Waals surface area (Å²) in [4.78, 5) is 66.6. The number of piperazine rings is 1. The number of ether oxygens (including phenoxy) is 3. The molecule has 2 saturated heterocycles. The second-order valence-corrected chi connectivity index (χ2v) is 17.4. The number of carbonyl (C=O) groups excluding carboxylic acids is 4. The molecule has 9 rings (SSSR count). The van der Waals surface area contributed by atoms with Crippen LogP contribution in [0.5, 0.6) is 11.5 Å². The molecule has 1 saturated carbocycles. The van der Waals surface area contributed by atoms with Crippen LogP contribution < -0.4 is 21.1 Å². The van der Waals surface area contributed by atoms with Crippen molar-refractivity contribution < 1.29 is 33.4 Å². The number of hydrogen-bond donors (Lipinski definition) is 3. The lowest BCUT2D eigenvalue weighted by atomic mass is 9.90. The first-order chi connectivity index (χ1) is 32.3. The van der Waals surface area contributed by atoms with E-state index in [1.807, 2.05) is 54.6 Å². The first-order valence-electron chi connectivity index (χ1n) is 23.3. The van der Waals surface area contributed by atoms with E-state index in [-0.39, 0.29) is 29.8 Å². The topological polar surface area (TPSA) is 199 Å². The number of nitrogens with zero attached hydrogens (tertiary/aromatic N) is 7. The maximum Gasteiger partial charge on any atom is 0.262 e. The van der Waals surface area contributed by atoms with E-state index in [9.17, 15) is 19.2 Å². The van der Waals surface area contributed by atoms with Gasteiger partial charge in [-0.2, -0.15) is 5.10 Å². The third-order valence-electron chi connectivity index (χ3n) is 13.3. The predicted octanol–water partition coefficient (Wildman–Crippen LogP) is 4.63. The molecule has 4 N–H and O–H groups in total. The van der Waals surface area contributed by atoms with Crippen LogP contribution in [0.25, 0.3) is 22.3 Å². The molecule has 4 amide bonds. The van der Waals surface area contributed by atoms with Crippen LogP contribution in [0.1, 0.15) is 77.3 Å². The molecule has 0 radical (unpaired) electrons. The molecule has 5 heterocycles. The number of benzene rings is 3. The van der Waals surface area contributed by atoms with Gasteiger partial charge in [-0.1, -0.05) is 30.3 Å². The first-order valence-corrected chi connectivity index (χ1v) is 23.3. The van der Waals surface area contributed by atoms with Gasteiger partial charge in [-0.15, -0.1) is 0 Å². The van der Waals surface area contributed by atoms with Crippen LogP contribution in [-0.2, 0) is 25.5 Å². The highest BCUT2D eigenvalue weighted by Gasteiger charge is 2.44. The monoisotopic (exact) mass is 898 g/mol. The number of hydrogen-bond acceptors (Lipinski definition) is 13. The van der Waals surface area contributed by atoms with E-state index in [4.69, 9.17) is 25.0 Å². The molecule has 0 spiro atoms. The van der Waals surface area contributed by atoms with Crippen molar-refractivity contribution in [1.82, 2.24) is 45.1 Å². The summed E-state index contributed by atoms with van der Waals surface area (Å²) in [5, 5.41) is 11.5. The molecule has 4 aliphatic rings. The Balaban J connectivity index is 0.640. The molecule has 2 aromatic heterocycles. The third-order valence-corrected chi connectivity index (χ3v) is 13.3. The summed E-state index contributed by atoms with van der Waals surface area (Å²) >= 11 is 0. The number of para-hydroxylation sites is 1. The third kappa shape index (κ3) is 10.1. The quantitative estimate of drug-likeness (QED) is 0.0814. The number of nitrogens with two attached hydrogens (primary N) is 1. The van der Waals surface area contributed by atoms with E-state index in [0.29, 0.717) is 81.8 Å². The van der Waals surface area contributed by atoms with Gasteiger partial charge < -0.3 is 30.6 Å². The zero-order chi connectivity index (χ0) is 45.4. The fourth-order valence-electron chi connectivity index (χ4n) is 9.76. The number of carbonyl (C=O) groups is 4. The maximum atomic E-state index is 13.3. The Bertz CT molecular complexity index is 2500. The highest BCUT2D eigenvalue weighted by molar-refractivity contribution is 6.23. The summed E-state index contributed by atoms with van der Waals surface area (Å²) in [5.41, 5.74) is 10.2. The number of nitrogens with one attached hydrogen (secondary N) is 2. The average molecular weight is 899 g/mol. The highest BCUT2D eigenvalue weighted by Crippen LogP contribution is 2.38. The Labute approximate surface area is 384 Å². The fourth-order valence-corrected chi connectivity index (χ4v) is 9.76. The molecule has 1 atom stereocenters. The van der Waals surface area contributed by atoms with Crippen molar-refractivity contribution in [3.05, 3.63) is 95.8 Å². The number of fused-ring (bicyclic) bond motifs is 2. The second kappa shape index (κ2) is 20.9. The van der Waals surface area contributed by atoms with E-state index in [1.165, 1.54) is 6.33 Å². The molecule has 346 valence electrons. The van der Waals surface area contributed by atoms with Crippen LogP contribution in [0.4, 0.5) is 5.82 Å². The number of anilines is 1. The second-order valence-electron chi connectivity index (χ2n) is 17.4. The highest BCUT2D eigenvalue weighted by atomic mass is 16.5. The maximum absolute atomic E-state index is 13.3. The molecule has 17 heteroatoms. The smallest absolute Gasteiger partial charge is 0.262 e. The molecule has 1 unspecified atom stereocenters. The van der Waals surface area contributed by atoms with Gasteiger partial charge in [0, 0.05) is 63.8 Å². The number of piperidine rings is 1. The molecule has 3 aromatic carbocycles. The minimum Gasteiger partial charge on any atom is -0.457 e. The molecule has 5 aromatic rings. The van der Waals surface area contributed by atoms with Crippen LogP contribution in [-0.4, -0.2) is 142 Å². The lowest BCUT2D eigenvalue weighted by molar-refractivity contribution is -0.126. The van der Waals surface area contributed by atoms with Gasteiger partial charge in [-0.3, -0.25) is 33.9 Å². The van der Waals surface area contributed by atoms with Crippen molar-refractivity contribution in [1.29, 1.82) is 0 Å². The van der Waals surface area contributed by atoms with Crippen LogP contribution in [0.2, 0.25) is 0 Å². The molecule has 17 nitrogen and oxygen atoms in total. The molecule has 1 aliphatic carbocycles. The SMILES string of the molecule is Nc1ncnc2c1c(-c1ccc(Oc3ccccc3)cc1)nn2C1CCC(N2CCN(CCOCCOCCNC(=O)CCc3cccc4c3C(=O)N(C3CCCNC3=O)C4=O)CC2)CC1. The largest absolute Gasteiger partial charge is 0.457 e. The zero-order valence-corrected chi connectivity index (χ0v) is 37.2. The number of aryl methyl sites for hydroxylation is 1. The molecular formula is C49H58N10O7.